The minimum atomic E-state index is 0.686. The minimum Gasteiger partial charge on any atom is -0.244 e. The second-order valence-electron chi connectivity index (χ2n) is 5.26. The quantitative estimate of drug-likeness (QED) is 0.397. The molecule has 98 valence electrons. The fourth-order valence-electron chi connectivity index (χ4n) is 3.14. The van der Waals surface area contributed by atoms with Crippen molar-refractivity contribution in [1.82, 2.24) is 9.97 Å². The molecule has 3 heteroatoms. The van der Waals surface area contributed by atoms with Gasteiger partial charge in [-0.05, 0) is 23.6 Å². The van der Waals surface area contributed by atoms with Crippen molar-refractivity contribution in [2.45, 2.75) is 0 Å². The van der Waals surface area contributed by atoms with E-state index in [-0.39, 0.29) is 0 Å². The maximum atomic E-state index is 6.07. The molecule has 0 saturated carbocycles. The van der Waals surface area contributed by atoms with E-state index in [9.17, 15) is 0 Å². The van der Waals surface area contributed by atoms with Gasteiger partial charge in [0.05, 0.1) is 22.4 Å². The van der Waals surface area contributed by atoms with Crippen molar-refractivity contribution in [3.63, 3.8) is 0 Å². The van der Waals surface area contributed by atoms with E-state index in [2.05, 4.69) is 36.4 Å². The van der Waals surface area contributed by atoms with Crippen molar-refractivity contribution >= 4 is 33.4 Å². The number of nitrogens with zero attached hydrogens (tertiary/aromatic N) is 2. The lowest BCUT2D eigenvalue weighted by molar-refractivity contribution is 1.32. The molecule has 0 bridgehead atoms. The number of aromatic nitrogens is 2. The lowest BCUT2D eigenvalue weighted by Crippen LogP contribution is -1.90. The third-order valence-corrected chi connectivity index (χ3v) is 4.28. The zero-order valence-electron chi connectivity index (χ0n) is 11.0. The van der Waals surface area contributed by atoms with Gasteiger partial charge in [0.15, 0.2) is 0 Å². The Morgan fingerprint density at radius 1 is 0.714 bits per heavy atom. The third-order valence-electron chi connectivity index (χ3n) is 4.04. The number of hydrogen-bond donors (Lipinski definition) is 0. The highest BCUT2D eigenvalue weighted by atomic mass is 35.5. The molecule has 0 N–H and O–H groups in total. The van der Waals surface area contributed by atoms with E-state index in [1.54, 1.807) is 0 Å². The normalized spacial score (nSPS) is 12.0. The number of rotatable bonds is 0. The average Bonchev–Trinajstić information content (AvgIpc) is 2.82. The lowest BCUT2D eigenvalue weighted by Gasteiger charge is -2.03. The van der Waals surface area contributed by atoms with Crippen molar-refractivity contribution in [3.8, 4) is 22.5 Å². The summed E-state index contributed by atoms with van der Waals surface area (Å²) in [7, 11) is 0. The molecule has 3 aromatic carbocycles. The van der Waals surface area contributed by atoms with Crippen LogP contribution >= 0.6 is 11.6 Å². The highest BCUT2D eigenvalue weighted by Gasteiger charge is 2.24. The number of hydrogen-bond acceptors (Lipinski definition) is 2. The third kappa shape index (κ3) is 1.43. The molecule has 0 saturated heterocycles. The van der Waals surface area contributed by atoms with Crippen LogP contribution in [0.3, 0.4) is 0 Å². The molecular formula is C18H9ClN2. The highest BCUT2D eigenvalue weighted by Crippen LogP contribution is 2.45. The standard InChI is InChI=1S/C18H9ClN2/c19-11-7-8-14-15(9-11)21-18-13-6-2-4-10-3-1-5-12(16(10)13)17(18)20-14/h1-9H. The first-order valence-electron chi connectivity index (χ1n) is 6.81. The smallest absolute Gasteiger partial charge is 0.0979 e. The predicted molar refractivity (Wildman–Crippen MR) is 86.5 cm³/mol. The van der Waals surface area contributed by atoms with E-state index in [4.69, 9.17) is 21.6 Å². The van der Waals surface area contributed by atoms with Gasteiger partial charge in [-0.2, -0.15) is 0 Å². The molecule has 1 aromatic heterocycles. The Labute approximate surface area is 126 Å². The Balaban J connectivity index is 1.98. The van der Waals surface area contributed by atoms with Crippen LogP contribution in [0.15, 0.2) is 54.6 Å². The monoisotopic (exact) mass is 288 g/mol. The fourth-order valence-corrected chi connectivity index (χ4v) is 3.31. The summed E-state index contributed by atoms with van der Waals surface area (Å²) in [5.41, 5.74) is 5.97. The summed E-state index contributed by atoms with van der Waals surface area (Å²) >= 11 is 6.07. The molecule has 0 atom stereocenters. The van der Waals surface area contributed by atoms with Crippen LogP contribution in [0.1, 0.15) is 0 Å². The second-order valence-corrected chi connectivity index (χ2v) is 5.70. The minimum absolute atomic E-state index is 0.686. The van der Waals surface area contributed by atoms with Gasteiger partial charge in [0, 0.05) is 21.5 Å². The second kappa shape index (κ2) is 3.80. The van der Waals surface area contributed by atoms with E-state index >= 15 is 0 Å². The molecule has 0 aliphatic heterocycles. The van der Waals surface area contributed by atoms with Crippen molar-refractivity contribution < 1.29 is 0 Å². The summed E-state index contributed by atoms with van der Waals surface area (Å²) in [4.78, 5) is 9.62. The first-order valence-corrected chi connectivity index (χ1v) is 7.19. The Morgan fingerprint density at radius 3 is 2.10 bits per heavy atom. The van der Waals surface area contributed by atoms with Crippen molar-refractivity contribution in [1.29, 1.82) is 0 Å². The van der Waals surface area contributed by atoms with Crippen molar-refractivity contribution in [2.24, 2.45) is 0 Å². The number of benzene rings is 3. The topological polar surface area (TPSA) is 25.8 Å². The Hall–Kier alpha value is -2.45. The molecule has 0 spiro atoms. The predicted octanol–water partition coefficient (Wildman–Crippen LogP) is 5.08. The van der Waals surface area contributed by atoms with Crippen LogP contribution in [0.5, 0.6) is 0 Å². The molecule has 0 unspecified atom stereocenters. The lowest BCUT2D eigenvalue weighted by atomic mass is 10.0. The number of halogens is 1. The first kappa shape index (κ1) is 11.2. The summed E-state index contributed by atoms with van der Waals surface area (Å²) in [5.74, 6) is 0. The Bertz CT molecular complexity index is 1050. The SMILES string of the molecule is Clc1ccc2nc3c(nc2c1)-c1cccc2cccc-3c12. The summed E-state index contributed by atoms with van der Waals surface area (Å²) in [6.07, 6.45) is 0. The van der Waals surface area contributed by atoms with Crippen molar-refractivity contribution in [3.05, 3.63) is 59.6 Å². The van der Waals surface area contributed by atoms with Gasteiger partial charge in [0.25, 0.3) is 0 Å². The van der Waals surface area contributed by atoms with E-state index in [1.807, 2.05) is 18.2 Å². The molecule has 1 aliphatic rings. The van der Waals surface area contributed by atoms with E-state index < -0.39 is 0 Å². The van der Waals surface area contributed by atoms with Gasteiger partial charge in [-0.15, -0.1) is 0 Å². The molecule has 1 heterocycles. The molecule has 4 aromatic rings. The molecule has 2 nitrogen and oxygen atoms in total. The maximum absolute atomic E-state index is 6.07. The molecule has 0 fully saturated rings. The van der Waals surface area contributed by atoms with Gasteiger partial charge in [-0.3, -0.25) is 0 Å². The van der Waals surface area contributed by atoms with Crippen LogP contribution in [0.4, 0.5) is 0 Å². The van der Waals surface area contributed by atoms with Crippen LogP contribution in [-0.4, -0.2) is 9.97 Å². The van der Waals surface area contributed by atoms with Crippen LogP contribution in [0, 0.1) is 0 Å². The van der Waals surface area contributed by atoms with Gasteiger partial charge in [0.1, 0.15) is 0 Å². The van der Waals surface area contributed by atoms with Gasteiger partial charge < -0.3 is 0 Å². The maximum Gasteiger partial charge on any atom is 0.0979 e. The molecule has 5 rings (SSSR count). The van der Waals surface area contributed by atoms with Crippen molar-refractivity contribution in [2.75, 3.05) is 0 Å². The van der Waals surface area contributed by atoms with Gasteiger partial charge >= 0.3 is 0 Å². The van der Waals surface area contributed by atoms with Crippen LogP contribution in [0.25, 0.3) is 44.3 Å². The first-order chi connectivity index (χ1) is 10.3. The van der Waals surface area contributed by atoms with Crippen LogP contribution in [-0.2, 0) is 0 Å². The largest absolute Gasteiger partial charge is 0.244 e. The van der Waals surface area contributed by atoms with Gasteiger partial charge in [0.2, 0.25) is 0 Å². The average molecular weight is 289 g/mol. The van der Waals surface area contributed by atoms with Gasteiger partial charge in [-0.1, -0.05) is 48.0 Å². The Morgan fingerprint density at radius 2 is 1.38 bits per heavy atom. The van der Waals surface area contributed by atoms with Crippen LogP contribution < -0.4 is 0 Å². The summed E-state index contributed by atoms with van der Waals surface area (Å²) in [5, 5.41) is 3.16. The Kier molecular flexibility index (Phi) is 2.04. The molecular weight excluding hydrogens is 280 g/mol. The fraction of sp³-hybridized carbons (Fsp3) is 0. The molecule has 1 aliphatic carbocycles. The highest BCUT2D eigenvalue weighted by molar-refractivity contribution is 6.31. The number of fused-ring (bicyclic) bond motifs is 4. The zero-order chi connectivity index (χ0) is 14.0. The molecule has 21 heavy (non-hydrogen) atoms. The van der Waals surface area contributed by atoms with Gasteiger partial charge in [-0.25, -0.2) is 9.97 Å². The molecule has 0 radical (unpaired) electrons. The van der Waals surface area contributed by atoms with E-state index in [0.29, 0.717) is 5.02 Å². The zero-order valence-corrected chi connectivity index (χ0v) is 11.7. The molecule has 0 amide bonds. The van der Waals surface area contributed by atoms with E-state index in [1.165, 1.54) is 16.3 Å². The summed E-state index contributed by atoms with van der Waals surface area (Å²) < 4.78 is 0. The summed E-state index contributed by atoms with van der Waals surface area (Å²) in [6, 6.07) is 18.3. The van der Waals surface area contributed by atoms with E-state index in [0.717, 1.165) is 28.0 Å². The summed E-state index contributed by atoms with van der Waals surface area (Å²) in [6.45, 7) is 0. The van der Waals surface area contributed by atoms with Crippen LogP contribution in [0.2, 0.25) is 5.02 Å².